The van der Waals surface area contributed by atoms with Crippen LogP contribution in [0.4, 0.5) is 14.9 Å². The van der Waals surface area contributed by atoms with Gasteiger partial charge < -0.3 is 9.22 Å². The lowest BCUT2D eigenvalue weighted by Gasteiger charge is -2.43. The highest BCUT2D eigenvalue weighted by Gasteiger charge is 2.49. The van der Waals surface area contributed by atoms with Crippen LogP contribution in [0.3, 0.4) is 0 Å². The number of hydrogen-bond donors (Lipinski definition) is 1. The Kier molecular flexibility index (Phi) is 4.49. The molecule has 0 aliphatic carbocycles. The van der Waals surface area contributed by atoms with E-state index in [-0.39, 0.29) is 11.8 Å². The molecule has 6 heteroatoms. The third kappa shape index (κ3) is 3.12. The minimum absolute atomic E-state index is 0.0879. The Morgan fingerprint density at radius 2 is 1.96 bits per heavy atom. The highest BCUT2D eigenvalue weighted by Crippen LogP contribution is 2.40. The SMILES string of the molecule is C[N+]1(C)C2CCC1CC(OC(=O)Nc1c(F)cccc1-c1ccsc1)C2. The minimum Gasteiger partial charge on any atom is -0.445 e. The number of quaternary nitrogens is 1. The summed E-state index contributed by atoms with van der Waals surface area (Å²) in [7, 11) is 4.54. The van der Waals surface area contributed by atoms with Crippen molar-refractivity contribution in [1.82, 2.24) is 0 Å². The molecular formula is C20H24FN2O2S+. The molecule has 2 aromatic rings. The molecule has 138 valence electrons. The lowest BCUT2D eigenvalue weighted by molar-refractivity contribution is -0.931. The zero-order valence-corrected chi connectivity index (χ0v) is 15.9. The zero-order chi connectivity index (χ0) is 18.3. The van der Waals surface area contributed by atoms with Crippen LogP contribution < -0.4 is 5.32 Å². The molecule has 1 N–H and O–H groups in total. The predicted octanol–water partition coefficient (Wildman–Crippen LogP) is 4.87. The maximum absolute atomic E-state index is 14.3. The first-order valence-electron chi connectivity index (χ1n) is 9.07. The molecule has 2 aliphatic rings. The van der Waals surface area contributed by atoms with Gasteiger partial charge in [0.2, 0.25) is 0 Å². The summed E-state index contributed by atoms with van der Waals surface area (Å²) in [4.78, 5) is 12.4. The lowest BCUT2D eigenvalue weighted by atomic mass is 9.98. The van der Waals surface area contributed by atoms with Gasteiger partial charge in [0.15, 0.2) is 0 Å². The maximum atomic E-state index is 14.3. The molecule has 1 aromatic heterocycles. The fraction of sp³-hybridized carbons (Fsp3) is 0.450. The third-order valence-electron chi connectivity index (χ3n) is 6.13. The molecular weight excluding hydrogens is 351 g/mol. The fourth-order valence-corrected chi connectivity index (χ4v) is 5.18. The van der Waals surface area contributed by atoms with Crippen LogP contribution in [0.1, 0.15) is 25.7 Å². The number of rotatable bonds is 3. The molecule has 1 amide bonds. The molecule has 4 nitrogen and oxygen atoms in total. The number of hydrogen-bond acceptors (Lipinski definition) is 3. The van der Waals surface area contributed by atoms with E-state index in [9.17, 15) is 9.18 Å². The smallest absolute Gasteiger partial charge is 0.412 e. The van der Waals surface area contributed by atoms with Gasteiger partial charge in [-0.1, -0.05) is 12.1 Å². The molecule has 1 aromatic carbocycles. The zero-order valence-electron chi connectivity index (χ0n) is 15.1. The summed E-state index contributed by atoms with van der Waals surface area (Å²) < 4.78 is 21.0. The standard InChI is InChI=1S/C20H23FN2O2S/c1-23(2)14-6-7-15(23)11-16(10-14)25-20(24)22-19-17(4-3-5-18(19)21)13-8-9-26-12-13/h3-5,8-9,12,14-16H,6-7,10-11H2,1-2H3/p+1. The number of piperidine rings is 1. The van der Waals surface area contributed by atoms with Crippen molar-refractivity contribution in [2.45, 2.75) is 43.9 Å². The number of halogens is 1. The van der Waals surface area contributed by atoms with Crippen LogP contribution >= 0.6 is 11.3 Å². The molecule has 2 aliphatic heterocycles. The molecule has 0 radical (unpaired) electrons. The number of benzene rings is 1. The number of carbonyl (C=O) groups is 1. The molecule has 3 heterocycles. The van der Waals surface area contributed by atoms with E-state index < -0.39 is 11.9 Å². The minimum atomic E-state index is -0.566. The highest BCUT2D eigenvalue weighted by atomic mass is 32.1. The van der Waals surface area contributed by atoms with E-state index in [0.717, 1.165) is 22.9 Å². The second-order valence-electron chi connectivity index (χ2n) is 7.81. The van der Waals surface area contributed by atoms with Crippen molar-refractivity contribution in [2.75, 3.05) is 19.4 Å². The quantitative estimate of drug-likeness (QED) is 0.777. The predicted molar refractivity (Wildman–Crippen MR) is 102 cm³/mol. The summed E-state index contributed by atoms with van der Waals surface area (Å²) in [6.45, 7) is 0. The number of nitrogens with zero attached hydrogens (tertiary/aromatic N) is 1. The summed E-state index contributed by atoms with van der Waals surface area (Å²) in [5.74, 6) is -0.452. The largest absolute Gasteiger partial charge is 0.445 e. The molecule has 2 saturated heterocycles. The molecule has 2 atom stereocenters. The Bertz CT molecular complexity index is 790. The number of ether oxygens (including phenoxy) is 1. The van der Waals surface area contributed by atoms with Gasteiger partial charge in [-0.3, -0.25) is 5.32 Å². The average molecular weight is 375 g/mol. The van der Waals surface area contributed by atoms with E-state index in [2.05, 4.69) is 19.4 Å². The van der Waals surface area contributed by atoms with Crippen molar-refractivity contribution < 1.29 is 18.4 Å². The average Bonchev–Trinajstić information content (AvgIpc) is 3.13. The number of para-hydroxylation sites is 1. The van der Waals surface area contributed by atoms with Gasteiger partial charge in [-0.05, 0) is 28.5 Å². The first-order valence-corrected chi connectivity index (χ1v) is 10.0. The van der Waals surface area contributed by atoms with Crippen molar-refractivity contribution >= 4 is 23.1 Å². The molecule has 4 rings (SSSR count). The monoisotopic (exact) mass is 375 g/mol. The summed E-state index contributed by atoms with van der Waals surface area (Å²) in [5.41, 5.74) is 1.75. The van der Waals surface area contributed by atoms with Crippen LogP contribution in [0.15, 0.2) is 35.0 Å². The summed E-state index contributed by atoms with van der Waals surface area (Å²) in [5, 5.41) is 6.51. The Labute approximate surface area is 157 Å². The van der Waals surface area contributed by atoms with Gasteiger partial charge in [-0.25, -0.2) is 9.18 Å². The van der Waals surface area contributed by atoms with Crippen LogP contribution in [0, 0.1) is 5.82 Å². The van der Waals surface area contributed by atoms with Gasteiger partial charge in [0, 0.05) is 31.2 Å². The van der Waals surface area contributed by atoms with Gasteiger partial charge in [0.25, 0.3) is 0 Å². The first kappa shape index (κ1) is 17.5. The van der Waals surface area contributed by atoms with E-state index >= 15 is 0 Å². The van der Waals surface area contributed by atoms with Gasteiger partial charge in [0.05, 0.1) is 31.9 Å². The Hall–Kier alpha value is -1.92. The maximum Gasteiger partial charge on any atom is 0.412 e. The van der Waals surface area contributed by atoms with E-state index in [1.807, 2.05) is 22.9 Å². The molecule has 2 unspecified atom stereocenters. The number of thiophene rings is 1. The summed E-state index contributed by atoms with van der Waals surface area (Å²) >= 11 is 1.54. The first-order chi connectivity index (χ1) is 12.4. The molecule has 2 fully saturated rings. The Morgan fingerprint density at radius 1 is 1.23 bits per heavy atom. The van der Waals surface area contributed by atoms with Crippen LogP contribution in [0.5, 0.6) is 0 Å². The fourth-order valence-electron chi connectivity index (χ4n) is 4.52. The number of amides is 1. The molecule has 2 bridgehead atoms. The van der Waals surface area contributed by atoms with Gasteiger partial charge in [0.1, 0.15) is 11.9 Å². The van der Waals surface area contributed by atoms with Crippen LogP contribution in [-0.4, -0.2) is 42.9 Å². The Morgan fingerprint density at radius 3 is 2.62 bits per heavy atom. The number of anilines is 1. The van der Waals surface area contributed by atoms with Crippen LogP contribution in [0.2, 0.25) is 0 Å². The second-order valence-corrected chi connectivity index (χ2v) is 8.59. The van der Waals surface area contributed by atoms with E-state index in [4.69, 9.17) is 4.74 Å². The summed E-state index contributed by atoms with van der Waals surface area (Å²) in [6.07, 6.45) is 3.49. The van der Waals surface area contributed by atoms with Crippen molar-refractivity contribution in [3.05, 3.63) is 40.8 Å². The number of nitrogens with one attached hydrogen (secondary N) is 1. The molecule has 26 heavy (non-hydrogen) atoms. The third-order valence-corrected chi connectivity index (χ3v) is 6.82. The molecule has 0 spiro atoms. The van der Waals surface area contributed by atoms with Crippen molar-refractivity contribution in [1.29, 1.82) is 0 Å². The Balaban J connectivity index is 1.47. The van der Waals surface area contributed by atoms with Crippen molar-refractivity contribution in [3.8, 4) is 11.1 Å². The summed E-state index contributed by atoms with van der Waals surface area (Å²) in [6, 6.07) is 7.81. The topological polar surface area (TPSA) is 38.3 Å². The van der Waals surface area contributed by atoms with Gasteiger partial charge in [-0.2, -0.15) is 11.3 Å². The molecule has 0 saturated carbocycles. The van der Waals surface area contributed by atoms with Gasteiger partial charge in [-0.15, -0.1) is 0 Å². The number of carbonyl (C=O) groups excluding carboxylic acids is 1. The second kappa shape index (κ2) is 6.67. The lowest BCUT2D eigenvalue weighted by Crippen LogP contribution is -2.56. The van der Waals surface area contributed by atoms with E-state index in [1.54, 1.807) is 6.07 Å². The number of fused-ring (bicyclic) bond motifs is 2. The van der Waals surface area contributed by atoms with Crippen molar-refractivity contribution in [3.63, 3.8) is 0 Å². The van der Waals surface area contributed by atoms with Gasteiger partial charge >= 0.3 is 6.09 Å². The van der Waals surface area contributed by atoms with E-state index in [1.165, 1.54) is 30.2 Å². The van der Waals surface area contributed by atoms with Crippen LogP contribution in [-0.2, 0) is 4.74 Å². The normalized spacial score (nSPS) is 26.5. The highest BCUT2D eigenvalue weighted by molar-refractivity contribution is 7.08. The van der Waals surface area contributed by atoms with Crippen molar-refractivity contribution in [2.24, 2.45) is 0 Å². The van der Waals surface area contributed by atoms with E-state index in [0.29, 0.717) is 17.6 Å². The van der Waals surface area contributed by atoms with Crippen LogP contribution in [0.25, 0.3) is 11.1 Å².